The van der Waals surface area contributed by atoms with Gasteiger partial charge in [-0.15, -0.1) is 0 Å². The van der Waals surface area contributed by atoms with Crippen molar-refractivity contribution in [3.63, 3.8) is 0 Å². The third-order valence-electron chi connectivity index (χ3n) is 3.51. The zero-order chi connectivity index (χ0) is 15.0. The van der Waals surface area contributed by atoms with Crippen molar-refractivity contribution in [3.8, 4) is 0 Å². The molecule has 0 atom stereocenters. The lowest BCUT2D eigenvalue weighted by atomic mass is 10.1. The molecule has 4 nitrogen and oxygen atoms in total. The van der Waals surface area contributed by atoms with Gasteiger partial charge in [0.2, 0.25) is 0 Å². The average Bonchev–Trinajstić information content (AvgIpc) is 2.73. The van der Waals surface area contributed by atoms with Crippen LogP contribution in [0.4, 0.5) is 5.69 Å². The average molecular weight is 301 g/mol. The second kappa shape index (κ2) is 5.22. The van der Waals surface area contributed by atoms with Gasteiger partial charge < -0.3 is 5.32 Å². The number of aryl methyl sites for hydroxylation is 1. The van der Waals surface area contributed by atoms with E-state index >= 15 is 0 Å². The fraction of sp³-hybridized carbons (Fsp3) is 0.125. The lowest BCUT2D eigenvalue weighted by Gasteiger charge is -2.17. The number of carbonyl (C=O) groups excluding carboxylic acids is 2. The van der Waals surface area contributed by atoms with Gasteiger partial charge in [-0.25, -0.2) is 0 Å². The van der Waals surface area contributed by atoms with E-state index in [1.807, 2.05) is 13.0 Å². The number of nitrogens with one attached hydrogen (secondary N) is 1. The standard InChI is InChI=1S/C16H13ClN2O2/c1-10-6-7-11(17)8-14(10)18-9-19-15(20)12-4-2-3-5-13(12)16(19)21/h2-8,18H,9H2,1H3. The molecule has 3 rings (SSSR count). The van der Waals surface area contributed by atoms with Gasteiger partial charge in [0.1, 0.15) is 0 Å². The number of carbonyl (C=O) groups is 2. The first kappa shape index (κ1) is 13.6. The molecule has 0 bridgehead atoms. The minimum Gasteiger partial charge on any atom is -0.367 e. The van der Waals surface area contributed by atoms with Gasteiger partial charge in [-0.1, -0.05) is 29.8 Å². The molecule has 1 aliphatic rings. The van der Waals surface area contributed by atoms with Crippen LogP contribution in [0.2, 0.25) is 5.02 Å². The number of hydrogen-bond acceptors (Lipinski definition) is 3. The zero-order valence-electron chi connectivity index (χ0n) is 11.4. The summed E-state index contributed by atoms with van der Waals surface area (Å²) in [5.41, 5.74) is 2.70. The van der Waals surface area contributed by atoms with Gasteiger partial charge in [0, 0.05) is 10.7 Å². The third-order valence-corrected chi connectivity index (χ3v) is 3.74. The molecule has 0 radical (unpaired) electrons. The van der Waals surface area contributed by atoms with Crippen LogP contribution in [0.1, 0.15) is 26.3 Å². The molecular weight excluding hydrogens is 288 g/mol. The van der Waals surface area contributed by atoms with Crippen LogP contribution >= 0.6 is 11.6 Å². The highest BCUT2D eigenvalue weighted by molar-refractivity contribution is 6.30. The number of amides is 2. The lowest BCUT2D eigenvalue weighted by Crippen LogP contribution is -2.34. The predicted molar refractivity (Wildman–Crippen MR) is 81.6 cm³/mol. The maximum absolute atomic E-state index is 12.2. The molecule has 1 heterocycles. The Hall–Kier alpha value is -2.33. The van der Waals surface area contributed by atoms with Gasteiger partial charge in [0.15, 0.2) is 0 Å². The molecule has 2 aromatic rings. The van der Waals surface area contributed by atoms with Crippen molar-refractivity contribution < 1.29 is 9.59 Å². The summed E-state index contributed by atoms with van der Waals surface area (Å²) in [6.07, 6.45) is 0. The maximum Gasteiger partial charge on any atom is 0.263 e. The van der Waals surface area contributed by atoms with Crippen LogP contribution in [0.15, 0.2) is 42.5 Å². The molecular formula is C16H13ClN2O2. The number of benzene rings is 2. The van der Waals surface area contributed by atoms with Crippen molar-refractivity contribution in [2.75, 3.05) is 12.0 Å². The van der Waals surface area contributed by atoms with Crippen LogP contribution in [0.3, 0.4) is 0 Å². The first-order chi connectivity index (χ1) is 10.1. The summed E-state index contributed by atoms with van der Waals surface area (Å²) in [6.45, 7) is 2.05. The van der Waals surface area contributed by atoms with E-state index in [0.717, 1.165) is 11.3 Å². The zero-order valence-corrected chi connectivity index (χ0v) is 12.1. The highest BCUT2D eigenvalue weighted by Crippen LogP contribution is 2.24. The van der Waals surface area contributed by atoms with Crippen molar-refractivity contribution in [2.24, 2.45) is 0 Å². The van der Waals surface area contributed by atoms with E-state index in [2.05, 4.69) is 5.32 Å². The Kier molecular flexibility index (Phi) is 3.39. The summed E-state index contributed by atoms with van der Waals surface area (Å²) in [7, 11) is 0. The number of hydrogen-bond donors (Lipinski definition) is 1. The predicted octanol–water partition coefficient (Wildman–Crippen LogP) is 3.31. The van der Waals surface area contributed by atoms with Crippen LogP contribution in [0, 0.1) is 6.92 Å². The number of anilines is 1. The number of fused-ring (bicyclic) bond motifs is 1. The molecule has 5 heteroatoms. The molecule has 1 aliphatic heterocycles. The van der Waals surface area contributed by atoms with Crippen LogP contribution in [-0.4, -0.2) is 23.4 Å². The Morgan fingerprint density at radius 3 is 2.29 bits per heavy atom. The Morgan fingerprint density at radius 2 is 1.67 bits per heavy atom. The van der Waals surface area contributed by atoms with Crippen molar-refractivity contribution in [2.45, 2.75) is 6.92 Å². The van der Waals surface area contributed by atoms with E-state index in [1.165, 1.54) is 4.90 Å². The number of rotatable bonds is 3. The number of halogens is 1. The summed E-state index contributed by atoms with van der Waals surface area (Å²) in [4.78, 5) is 25.6. The number of imide groups is 1. The molecule has 0 aromatic heterocycles. The second-order valence-corrected chi connectivity index (χ2v) is 5.31. The first-order valence-electron chi connectivity index (χ1n) is 6.53. The fourth-order valence-corrected chi connectivity index (χ4v) is 2.50. The monoisotopic (exact) mass is 300 g/mol. The minimum atomic E-state index is -0.275. The van der Waals surface area contributed by atoms with E-state index in [9.17, 15) is 9.59 Å². The van der Waals surface area contributed by atoms with Gasteiger partial charge in [-0.2, -0.15) is 0 Å². The summed E-state index contributed by atoms with van der Waals surface area (Å²) in [5.74, 6) is -0.550. The van der Waals surface area contributed by atoms with Crippen molar-refractivity contribution in [1.29, 1.82) is 0 Å². The molecule has 21 heavy (non-hydrogen) atoms. The Balaban J connectivity index is 1.80. The van der Waals surface area contributed by atoms with Gasteiger partial charge in [-0.05, 0) is 36.8 Å². The van der Waals surface area contributed by atoms with E-state index in [-0.39, 0.29) is 18.5 Å². The quantitative estimate of drug-likeness (QED) is 0.885. The summed E-state index contributed by atoms with van der Waals surface area (Å²) in [6, 6.07) is 12.3. The van der Waals surface area contributed by atoms with Crippen molar-refractivity contribution in [3.05, 3.63) is 64.2 Å². The van der Waals surface area contributed by atoms with Gasteiger partial charge >= 0.3 is 0 Å². The third kappa shape index (κ3) is 2.38. The van der Waals surface area contributed by atoms with E-state index < -0.39 is 0 Å². The molecule has 106 valence electrons. The van der Waals surface area contributed by atoms with Crippen LogP contribution in [-0.2, 0) is 0 Å². The molecule has 0 saturated carbocycles. The molecule has 0 saturated heterocycles. The Labute approximate surface area is 127 Å². The van der Waals surface area contributed by atoms with Crippen molar-refractivity contribution >= 4 is 29.1 Å². The molecule has 2 aromatic carbocycles. The summed E-state index contributed by atoms with van der Waals surface area (Å²) >= 11 is 5.96. The maximum atomic E-state index is 12.2. The first-order valence-corrected chi connectivity index (χ1v) is 6.91. The molecule has 0 fully saturated rings. The smallest absolute Gasteiger partial charge is 0.263 e. The van der Waals surface area contributed by atoms with Gasteiger partial charge in [0.25, 0.3) is 11.8 Å². The van der Waals surface area contributed by atoms with Crippen LogP contribution in [0.25, 0.3) is 0 Å². The fourth-order valence-electron chi connectivity index (χ4n) is 2.33. The van der Waals surface area contributed by atoms with Crippen LogP contribution in [0.5, 0.6) is 0 Å². The summed E-state index contributed by atoms with van der Waals surface area (Å²) in [5, 5.41) is 3.69. The van der Waals surface area contributed by atoms with E-state index in [0.29, 0.717) is 16.1 Å². The normalized spacial score (nSPS) is 13.5. The summed E-state index contributed by atoms with van der Waals surface area (Å²) < 4.78 is 0. The molecule has 0 aliphatic carbocycles. The highest BCUT2D eigenvalue weighted by Gasteiger charge is 2.34. The minimum absolute atomic E-state index is 0.119. The van der Waals surface area contributed by atoms with E-state index in [1.54, 1.807) is 36.4 Å². The van der Waals surface area contributed by atoms with Crippen LogP contribution < -0.4 is 5.32 Å². The van der Waals surface area contributed by atoms with Crippen molar-refractivity contribution in [1.82, 2.24) is 4.90 Å². The Morgan fingerprint density at radius 1 is 1.05 bits per heavy atom. The molecule has 0 unspecified atom stereocenters. The largest absolute Gasteiger partial charge is 0.367 e. The molecule has 0 spiro atoms. The second-order valence-electron chi connectivity index (χ2n) is 4.88. The Bertz CT molecular complexity index is 708. The van der Waals surface area contributed by atoms with E-state index in [4.69, 9.17) is 11.6 Å². The van der Waals surface area contributed by atoms with Gasteiger partial charge in [-0.3, -0.25) is 14.5 Å². The molecule has 1 N–H and O–H groups in total. The SMILES string of the molecule is Cc1ccc(Cl)cc1NCN1C(=O)c2ccccc2C1=O. The highest BCUT2D eigenvalue weighted by atomic mass is 35.5. The lowest BCUT2D eigenvalue weighted by molar-refractivity contribution is 0.0666. The topological polar surface area (TPSA) is 49.4 Å². The number of nitrogens with zero attached hydrogens (tertiary/aromatic N) is 1. The molecule has 2 amide bonds. The van der Waals surface area contributed by atoms with Gasteiger partial charge in [0.05, 0.1) is 17.8 Å².